The SMILES string of the molecule is CCOc1ccc(/C=C/C(=O)OC2CCC3C(=O)C(Oc4cc(C)cc(C)c4)=COC3C2)cc1OCC. The Morgan fingerprint density at radius 1 is 1.00 bits per heavy atom. The van der Waals surface area contributed by atoms with E-state index in [0.717, 1.165) is 16.7 Å². The Kier molecular flexibility index (Phi) is 8.54. The highest BCUT2D eigenvalue weighted by Gasteiger charge is 2.42. The number of hydrogen-bond acceptors (Lipinski definition) is 7. The van der Waals surface area contributed by atoms with Gasteiger partial charge in [-0.2, -0.15) is 0 Å². The van der Waals surface area contributed by atoms with Crippen molar-refractivity contribution in [1.29, 1.82) is 0 Å². The van der Waals surface area contributed by atoms with Gasteiger partial charge in [0.25, 0.3) is 0 Å². The normalized spacial score (nSPS) is 21.0. The molecule has 0 bridgehead atoms. The van der Waals surface area contributed by atoms with Crippen LogP contribution >= 0.6 is 0 Å². The molecule has 1 heterocycles. The molecule has 1 aliphatic heterocycles. The summed E-state index contributed by atoms with van der Waals surface area (Å²) in [7, 11) is 0. The summed E-state index contributed by atoms with van der Waals surface area (Å²) in [5, 5.41) is 0. The first kappa shape index (κ1) is 26.3. The van der Waals surface area contributed by atoms with E-state index in [4.69, 9.17) is 23.7 Å². The second-order valence-corrected chi connectivity index (χ2v) is 9.33. The third kappa shape index (κ3) is 6.73. The van der Waals surface area contributed by atoms with Crippen LogP contribution in [0.25, 0.3) is 6.08 Å². The molecule has 0 saturated heterocycles. The first-order chi connectivity index (χ1) is 17.9. The van der Waals surface area contributed by atoms with Crippen LogP contribution in [0.2, 0.25) is 0 Å². The Labute approximate surface area is 218 Å². The Morgan fingerprint density at radius 2 is 1.73 bits per heavy atom. The Hall–Kier alpha value is -3.74. The number of carbonyl (C=O) groups excluding carboxylic acids is 2. The molecule has 2 aromatic rings. The number of aryl methyl sites for hydroxylation is 2. The van der Waals surface area contributed by atoms with Crippen LogP contribution in [0.3, 0.4) is 0 Å². The molecular formula is C30H34O7. The Bertz CT molecular complexity index is 1180. The second-order valence-electron chi connectivity index (χ2n) is 9.33. The van der Waals surface area contributed by atoms with Crippen molar-refractivity contribution in [1.82, 2.24) is 0 Å². The average Bonchev–Trinajstić information content (AvgIpc) is 2.85. The van der Waals surface area contributed by atoms with Gasteiger partial charge >= 0.3 is 5.97 Å². The summed E-state index contributed by atoms with van der Waals surface area (Å²) in [4.78, 5) is 25.5. The number of ether oxygens (including phenoxy) is 5. The van der Waals surface area contributed by atoms with Gasteiger partial charge < -0.3 is 23.7 Å². The van der Waals surface area contributed by atoms with E-state index in [2.05, 4.69) is 0 Å². The standard InChI is InChI=1S/C30H34O7/c1-5-33-25-11-7-21(16-27(25)34-6-2)8-12-29(31)37-22-9-10-24-26(17-22)35-18-28(30(24)32)36-23-14-19(3)13-20(4)15-23/h7-8,11-16,18,22,24,26H,5-6,9-10,17H2,1-4H3/b12-8+. The van der Waals surface area contributed by atoms with Crippen LogP contribution in [0.4, 0.5) is 0 Å². The number of fused-ring (bicyclic) bond motifs is 1. The Morgan fingerprint density at radius 3 is 2.46 bits per heavy atom. The van der Waals surface area contributed by atoms with E-state index in [1.807, 2.05) is 64.1 Å². The highest BCUT2D eigenvalue weighted by atomic mass is 16.6. The zero-order valence-electron chi connectivity index (χ0n) is 21.8. The minimum atomic E-state index is -0.438. The van der Waals surface area contributed by atoms with Crippen LogP contribution in [0.15, 0.2) is 54.5 Å². The zero-order valence-corrected chi connectivity index (χ0v) is 21.8. The van der Waals surface area contributed by atoms with Gasteiger partial charge in [-0.3, -0.25) is 4.79 Å². The summed E-state index contributed by atoms with van der Waals surface area (Å²) in [5.41, 5.74) is 2.92. The topological polar surface area (TPSA) is 80.3 Å². The molecule has 0 amide bonds. The molecule has 1 aliphatic carbocycles. The number of allylic oxidation sites excluding steroid dienone is 1. The molecule has 37 heavy (non-hydrogen) atoms. The summed E-state index contributed by atoms with van der Waals surface area (Å²) in [6, 6.07) is 11.3. The molecule has 0 N–H and O–H groups in total. The van der Waals surface area contributed by atoms with Gasteiger partial charge in [-0.1, -0.05) is 12.1 Å². The number of hydrogen-bond donors (Lipinski definition) is 0. The number of rotatable bonds is 9. The molecule has 0 aromatic heterocycles. The molecular weight excluding hydrogens is 472 g/mol. The van der Waals surface area contributed by atoms with E-state index in [9.17, 15) is 9.59 Å². The molecule has 2 aliphatic rings. The lowest BCUT2D eigenvalue weighted by atomic mass is 9.80. The predicted octanol–water partition coefficient (Wildman–Crippen LogP) is 5.71. The van der Waals surface area contributed by atoms with Crippen molar-refractivity contribution < 1.29 is 33.3 Å². The molecule has 7 nitrogen and oxygen atoms in total. The largest absolute Gasteiger partial charge is 0.493 e. The third-order valence-corrected chi connectivity index (χ3v) is 6.36. The molecule has 1 saturated carbocycles. The predicted molar refractivity (Wildman–Crippen MR) is 140 cm³/mol. The monoisotopic (exact) mass is 506 g/mol. The maximum atomic E-state index is 13.0. The number of esters is 1. The van der Waals surface area contributed by atoms with Crippen molar-refractivity contribution in [3.8, 4) is 17.2 Å². The summed E-state index contributed by atoms with van der Waals surface area (Å²) >= 11 is 0. The van der Waals surface area contributed by atoms with E-state index < -0.39 is 5.97 Å². The highest BCUT2D eigenvalue weighted by molar-refractivity contribution is 5.96. The smallest absolute Gasteiger partial charge is 0.331 e. The summed E-state index contributed by atoms with van der Waals surface area (Å²) in [5.74, 6) is 1.32. The molecule has 3 atom stereocenters. The quantitative estimate of drug-likeness (QED) is 0.318. The molecule has 3 unspecified atom stereocenters. The minimum absolute atomic E-state index is 0.0688. The number of ketones is 1. The van der Waals surface area contributed by atoms with Crippen molar-refractivity contribution in [2.24, 2.45) is 5.92 Å². The third-order valence-electron chi connectivity index (χ3n) is 6.36. The van der Waals surface area contributed by atoms with Crippen LogP contribution in [-0.4, -0.2) is 37.2 Å². The van der Waals surface area contributed by atoms with Crippen LogP contribution in [-0.2, 0) is 19.1 Å². The first-order valence-corrected chi connectivity index (χ1v) is 12.8. The fraction of sp³-hybridized carbons (Fsp3) is 0.400. The van der Waals surface area contributed by atoms with Gasteiger partial charge in [0.1, 0.15) is 24.2 Å². The van der Waals surface area contributed by atoms with Gasteiger partial charge in [0.2, 0.25) is 11.5 Å². The fourth-order valence-electron chi connectivity index (χ4n) is 4.77. The van der Waals surface area contributed by atoms with Crippen LogP contribution in [0.1, 0.15) is 49.8 Å². The van der Waals surface area contributed by atoms with Gasteiger partial charge in [-0.25, -0.2) is 4.79 Å². The van der Waals surface area contributed by atoms with Crippen molar-refractivity contribution in [2.45, 2.75) is 59.2 Å². The molecule has 4 rings (SSSR count). The molecule has 7 heteroatoms. The van der Waals surface area contributed by atoms with Crippen LogP contribution < -0.4 is 14.2 Å². The maximum absolute atomic E-state index is 13.0. The van der Waals surface area contributed by atoms with E-state index in [1.54, 1.807) is 6.08 Å². The number of Topliss-reactive ketones (excluding diaryl/α,β-unsaturated/α-hetero) is 1. The van der Waals surface area contributed by atoms with Crippen molar-refractivity contribution in [2.75, 3.05) is 13.2 Å². The lowest BCUT2D eigenvalue weighted by molar-refractivity contribution is -0.149. The van der Waals surface area contributed by atoms with Crippen molar-refractivity contribution >= 4 is 17.8 Å². The van der Waals surface area contributed by atoms with Gasteiger partial charge in [0.15, 0.2) is 11.5 Å². The average molecular weight is 507 g/mol. The number of benzene rings is 2. The molecule has 2 aromatic carbocycles. The summed E-state index contributed by atoms with van der Waals surface area (Å²) in [6.45, 7) is 8.84. The molecule has 1 fully saturated rings. The van der Waals surface area contributed by atoms with Crippen LogP contribution in [0.5, 0.6) is 17.2 Å². The maximum Gasteiger partial charge on any atom is 0.331 e. The van der Waals surface area contributed by atoms with Crippen molar-refractivity contribution in [3.05, 3.63) is 71.2 Å². The van der Waals surface area contributed by atoms with E-state index in [0.29, 0.717) is 49.7 Å². The summed E-state index contributed by atoms with van der Waals surface area (Å²) < 4.78 is 28.6. The number of carbonyl (C=O) groups is 2. The van der Waals surface area contributed by atoms with E-state index >= 15 is 0 Å². The molecule has 0 spiro atoms. The lowest BCUT2D eigenvalue weighted by Gasteiger charge is -2.36. The Balaban J connectivity index is 1.33. The molecule has 196 valence electrons. The van der Waals surface area contributed by atoms with Gasteiger partial charge in [0.05, 0.1) is 19.1 Å². The van der Waals surface area contributed by atoms with E-state index in [-0.39, 0.29) is 29.7 Å². The fourth-order valence-corrected chi connectivity index (χ4v) is 4.77. The first-order valence-electron chi connectivity index (χ1n) is 12.8. The summed E-state index contributed by atoms with van der Waals surface area (Å²) in [6.07, 6.45) is 5.44. The second kappa shape index (κ2) is 12.0. The molecule has 0 radical (unpaired) electrons. The van der Waals surface area contributed by atoms with Gasteiger partial charge in [-0.05, 0) is 87.6 Å². The van der Waals surface area contributed by atoms with Gasteiger partial charge in [0, 0.05) is 12.5 Å². The highest BCUT2D eigenvalue weighted by Crippen LogP contribution is 2.35. The van der Waals surface area contributed by atoms with E-state index in [1.165, 1.54) is 12.3 Å². The zero-order chi connectivity index (χ0) is 26.4. The lowest BCUT2D eigenvalue weighted by Crippen LogP contribution is -2.42. The van der Waals surface area contributed by atoms with Crippen LogP contribution in [0, 0.1) is 19.8 Å². The van der Waals surface area contributed by atoms with Gasteiger partial charge in [-0.15, -0.1) is 0 Å². The minimum Gasteiger partial charge on any atom is -0.493 e. The van der Waals surface area contributed by atoms with Crippen molar-refractivity contribution in [3.63, 3.8) is 0 Å².